The smallest absolute Gasteiger partial charge is 0.461 e. The molecule has 1 N–H and O–H groups in total. The molecule has 0 bridgehead atoms. The monoisotopic (exact) mass is 288 g/mol. The average Bonchev–Trinajstić information content (AvgIpc) is 2.53. The Kier molecular flexibility index (Phi) is 3.77. The van der Waals surface area contributed by atoms with Crippen LogP contribution in [0.2, 0.25) is 0 Å². The molecule has 0 spiro atoms. The summed E-state index contributed by atoms with van der Waals surface area (Å²) in [5, 5.41) is 31.2. The van der Waals surface area contributed by atoms with Crippen LogP contribution < -0.4 is 14.9 Å². The minimum absolute atomic E-state index is 0.0850. The summed E-state index contributed by atoms with van der Waals surface area (Å²) in [6.07, 6.45) is 6.09. The highest BCUT2D eigenvalue weighted by molar-refractivity contribution is 5.67. The topological polar surface area (TPSA) is 78.8 Å². The molecule has 2 aromatic rings. The predicted octanol–water partition coefficient (Wildman–Crippen LogP) is 1.88. The lowest BCUT2D eigenvalue weighted by atomic mass is 9.85. The predicted molar refractivity (Wildman–Crippen MR) is 79.3 cm³/mol. The van der Waals surface area contributed by atoms with E-state index in [1.54, 1.807) is 24.3 Å². The Bertz CT molecular complexity index is 641. The van der Waals surface area contributed by atoms with Crippen LogP contribution in [0.15, 0.2) is 24.3 Å². The molecule has 1 heterocycles. The maximum absolute atomic E-state index is 12.3. The van der Waals surface area contributed by atoms with Crippen molar-refractivity contribution in [3.05, 3.63) is 34.7 Å². The van der Waals surface area contributed by atoms with E-state index in [1.165, 1.54) is 19.3 Å². The van der Waals surface area contributed by atoms with Gasteiger partial charge in [0.25, 0.3) is 5.52 Å². The molecular formula is C15H20N4O2. The second-order valence-electron chi connectivity index (χ2n) is 5.81. The van der Waals surface area contributed by atoms with E-state index in [4.69, 9.17) is 0 Å². The molecule has 1 atom stereocenters. The zero-order valence-electron chi connectivity index (χ0n) is 12.2. The van der Waals surface area contributed by atoms with Gasteiger partial charge in [-0.1, -0.05) is 31.4 Å². The van der Waals surface area contributed by atoms with E-state index in [0.29, 0.717) is 21.0 Å². The molecule has 0 radical (unpaired) electrons. The molecule has 0 amide bonds. The summed E-state index contributed by atoms with van der Waals surface area (Å²) in [5.74, 6) is 0.619. The highest BCUT2D eigenvalue weighted by Gasteiger charge is 2.27. The molecule has 1 fully saturated rings. The molecule has 3 rings (SSSR count). The fourth-order valence-corrected chi connectivity index (χ4v) is 3.14. The lowest BCUT2D eigenvalue weighted by molar-refractivity contribution is -0.672. The number of nitrogens with one attached hydrogen (secondary N) is 1. The van der Waals surface area contributed by atoms with E-state index in [2.05, 4.69) is 17.3 Å². The maximum atomic E-state index is 12.3. The molecule has 0 saturated heterocycles. The zero-order valence-corrected chi connectivity index (χ0v) is 12.2. The van der Waals surface area contributed by atoms with Crippen LogP contribution >= 0.6 is 0 Å². The van der Waals surface area contributed by atoms with Gasteiger partial charge in [-0.2, -0.15) is 0 Å². The Morgan fingerprint density at radius 3 is 2.52 bits per heavy atom. The third-order valence-electron chi connectivity index (χ3n) is 4.40. The lowest BCUT2D eigenvalue weighted by Gasteiger charge is -2.26. The number of aromatic nitrogens is 3. The minimum Gasteiger partial charge on any atom is -0.739 e. The first-order valence-corrected chi connectivity index (χ1v) is 7.55. The van der Waals surface area contributed by atoms with Crippen molar-refractivity contribution >= 4 is 17.0 Å². The Labute approximate surface area is 123 Å². The van der Waals surface area contributed by atoms with Crippen molar-refractivity contribution in [3.63, 3.8) is 0 Å². The van der Waals surface area contributed by atoms with Crippen LogP contribution in [-0.2, 0) is 0 Å². The van der Waals surface area contributed by atoms with Crippen molar-refractivity contribution in [2.45, 2.75) is 45.1 Å². The van der Waals surface area contributed by atoms with E-state index >= 15 is 0 Å². The van der Waals surface area contributed by atoms with Crippen molar-refractivity contribution in [3.8, 4) is 0 Å². The van der Waals surface area contributed by atoms with Crippen molar-refractivity contribution in [2.24, 2.45) is 5.92 Å². The molecule has 1 unspecified atom stereocenters. The standard InChI is InChI=1S/C15H20N4O2/c1-11(12-7-3-2-4-8-12)16-15-17-19(21)14-10-6-5-9-13(14)18(15)20/h5-6,9-12H,2-4,7-8H2,1H3,(H,16,17). The van der Waals surface area contributed by atoms with Gasteiger partial charge < -0.3 is 10.4 Å². The van der Waals surface area contributed by atoms with Crippen LogP contribution in [0.3, 0.4) is 0 Å². The zero-order chi connectivity index (χ0) is 14.8. The summed E-state index contributed by atoms with van der Waals surface area (Å²) in [5.41, 5.74) is 0.615. The second-order valence-corrected chi connectivity index (χ2v) is 5.81. The largest absolute Gasteiger partial charge is 0.739 e. The summed E-state index contributed by atoms with van der Waals surface area (Å²) in [4.78, 5) is 0.514. The molecule has 1 aromatic heterocycles. The Morgan fingerprint density at radius 2 is 1.81 bits per heavy atom. The van der Waals surface area contributed by atoms with Gasteiger partial charge in [0.1, 0.15) is 0 Å². The van der Waals surface area contributed by atoms with E-state index in [9.17, 15) is 10.4 Å². The van der Waals surface area contributed by atoms with Crippen molar-refractivity contribution in [1.29, 1.82) is 0 Å². The number of fused-ring (bicyclic) bond motifs is 1. The first-order valence-electron chi connectivity index (χ1n) is 7.55. The number of rotatable bonds is 3. The molecule has 6 nitrogen and oxygen atoms in total. The first kappa shape index (κ1) is 13.9. The molecule has 1 saturated carbocycles. The van der Waals surface area contributed by atoms with Crippen LogP contribution in [0.1, 0.15) is 39.0 Å². The number of anilines is 1. The van der Waals surface area contributed by atoms with Gasteiger partial charge in [-0.15, -0.1) is 0 Å². The number of benzene rings is 1. The van der Waals surface area contributed by atoms with Gasteiger partial charge in [0.2, 0.25) is 5.10 Å². The molecule has 1 aliphatic rings. The van der Waals surface area contributed by atoms with E-state index in [-0.39, 0.29) is 17.5 Å². The third kappa shape index (κ3) is 2.70. The van der Waals surface area contributed by atoms with Gasteiger partial charge in [-0.3, -0.25) is 5.32 Å². The van der Waals surface area contributed by atoms with Crippen LogP contribution in [0.5, 0.6) is 0 Å². The molecule has 21 heavy (non-hydrogen) atoms. The summed E-state index contributed by atoms with van der Waals surface area (Å²) in [7, 11) is 0. The summed E-state index contributed by atoms with van der Waals surface area (Å²) < 4.78 is 0.711. The third-order valence-corrected chi connectivity index (χ3v) is 4.40. The number of hydrogen-bond acceptors (Lipinski definition) is 4. The normalized spacial score (nSPS) is 17.8. The quantitative estimate of drug-likeness (QED) is 0.691. The van der Waals surface area contributed by atoms with E-state index < -0.39 is 0 Å². The number of nitrogens with zero attached hydrogens (tertiary/aromatic N) is 3. The van der Waals surface area contributed by atoms with Gasteiger partial charge in [-0.05, 0) is 31.7 Å². The maximum Gasteiger partial charge on any atom is 0.461 e. The minimum atomic E-state index is 0.0850. The second kappa shape index (κ2) is 5.71. The van der Waals surface area contributed by atoms with Crippen LogP contribution in [0, 0.1) is 16.3 Å². The van der Waals surface area contributed by atoms with Gasteiger partial charge in [0, 0.05) is 10.9 Å². The van der Waals surface area contributed by atoms with Crippen molar-refractivity contribution < 1.29 is 9.58 Å². The Hall–Kier alpha value is -2.11. The van der Waals surface area contributed by atoms with Crippen molar-refractivity contribution in [1.82, 2.24) is 5.10 Å². The fourth-order valence-electron chi connectivity index (χ4n) is 3.14. The van der Waals surface area contributed by atoms with E-state index in [0.717, 1.165) is 12.8 Å². The van der Waals surface area contributed by atoms with Gasteiger partial charge in [0.05, 0.1) is 6.04 Å². The van der Waals surface area contributed by atoms with Gasteiger partial charge in [-0.25, -0.2) is 4.73 Å². The van der Waals surface area contributed by atoms with Crippen LogP contribution in [0.25, 0.3) is 11.0 Å². The Balaban J connectivity index is 1.88. The molecule has 1 aliphatic carbocycles. The molecule has 112 valence electrons. The lowest BCUT2D eigenvalue weighted by Crippen LogP contribution is -2.46. The summed E-state index contributed by atoms with van der Waals surface area (Å²) in [6.45, 7) is 2.06. The van der Waals surface area contributed by atoms with Crippen LogP contribution in [0.4, 0.5) is 5.95 Å². The molecule has 0 aliphatic heterocycles. The molecular weight excluding hydrogens is 268 g/mol. The Morgan fingerprint density at radius 1 is 1.14 bits per heavy atom. The van der Waals surface area contributed by atoms with E-state index in [1.807, 2.05) is 0 Å². The SMILES string of the molecule is CC(Nc1n[n+]([O-])c2ccccc2[n+]1[O-])C1CCCCC1. The summed E-state index contributed by atoms with van der Waals surface area (Å²) >= 11 is 0. The number of hydrogen-bond donors (Lipinski definition) is 1. The van der Waals surface area contributed by atoms with Crippen molar-refractivity contribution in [2.75, 3.05) is 5.32 Å². The number of para-hydroxylation sites is 2. The summed E-state index contributed by atoms with van der Waals surface area (Å²) in [6, 6.07) is 6.83. The highest BCUT2D eigenvalue weighted by Crippen LogP contribution is 2.27. The fraction of sp³-hybridized carbons (Fsp3) is 0.533. The molecule has 1 aromatic carbocycles. The van der Waals surface area contributed by atoms with Crippen LogP contribution in [-0.4, -0.2) is 11.1 Å². The van der Waals surface area contributed by atoms with Gasteiger partial charge >= 0.3 is 5.95 Å². The molecule has 6 heteroatoms. The average molecular weight is 288 g/mol. The van der Waals surface area contributed by atoms with Gasteiger partial charge in [0.15, 0.2) is 5.52 Å². The first-order chi connectivity index (χ1) is 10.2. The highest BCUT2D eigenvalue weighted by atomic mass is 16.5.